The molecule has 5 nitrogen and oxygen atoms in total. The number of nitrogen functional groups attached to an aromatic ring is 1. The number of nitrogens with one attached hydrogen (secondary N) is 1. The van der Waals surface area contributed by atoms with Gasteiger partial charge in [0, 0.05) is 5.56 Å². The largest absolute Gasteiger partial charge is 0.382 e. The first-order valence-electron chi connectivity index (χ1n) is 5.94. The summed E-state index contributed by atoms with van der Waals surface area (Å²) in [7, 11) is 0. The molecule has 3 N–H and O–H groups in total. The molecule has 1 aromatic carbocycles. The van der Waals surface area contributed by atoms with E-state index in [9.17, 15) is 0 Å². The minimum atomic E-state index is 0.487. The van der Waals surface area contributed by atoms with Crippen LogP contribution in [0.1, 0.15) is 5.56 Å². The van der Waals surface area contributed by atoms with Crippen LogP contribution in [0, 0.1) is 6.92 Å². The van der Waals surface area contributed by atoms with Crippen molar-refractivity contribution >= 4 is 5.82 Å². The fourth-order valence-electron chi connectivity index (χ4n) is 2.13. The molecule has 19 heavy (non-hydrogen) atoms. The zero-order valence-electron chi connectivity index (χ0n) is 10.5. The van der Waals surface area contributed by atoms with Crippen LogP contribution in [-0.2, 0) is 0 Å². The Hall–Kier alpha value is -2.69. The molecule has 3 aromatic rings. The van der Waals surface area contributed by atoms with Crippen molar-refractivity contribution < 1.29 is 0 Å². The van der Waals surface area contributed by atoms with Crippen molar-refractivity contribution in [3.8, 4) is 22.4 Å². The van der Waals surface area contributed by atoms with Gasteiger partial charge >= 0.3 is 0 Å². The number of aromatic amines is 1. The van der Waals surface area contributed by atoms with Crippen molar-refractivity contribution in [3.63, 3.8) is 0 Å². The summed E-state index contributed by atoms with van der Waals surface area (Å²) in [6.07, 6.45) is 3.34. The molecular formula is C14H13N5. The average molecular weight is 251 g/mol. The number of benzene rings is 1. The molecule has 0 saturated carbocycles. The molecule has 0 spiro atoms. The third kappa shape index (κ3) is 1.95. The van der Waals surface area contributed by atoms with E-state index in [2.05, 4.69) is 33.4 Å². The van der Waals surface area contributed by atoms with Gasteiger partial charge in [0.05, 0.1) is 23.7 Å². The standard InChI is InChI=1S/C14H13N5/c1-9-4-2-3-5-11(9)12-13(18-19-14(12)15)10-6-7-16-17-8-10/h2-8H,1H3,(H3,15,18,19). The molecule has 94 valence electrons. The highest BCUT2D eigenvalue weighted by Gasteiger charge is 2.16. The van der Waals surface area contributed by atoms with E-state index in [1.807, 2.05) is 24.3 Å². The van der Waals surface area contributed by atoms with Crippen LogP contribution in [0.15, 0.2) is 42.7 Å². The normalized spacial score (nSPS) is 10.6. The number of anilines is 1. The van der Waals surface area contributed by atoms with Crippen LogP contribution in [0.3, 0.4) is 0 Å². The highest BCUT2D eigenvalue weighted by atomic mass is 15.2. The molecular weight excluding hydrogens is 238 g/mol. The van der Waals surface area contributed by atoms with Crippen LogP contribution in [-0.4, -0.2) is 20.4 Å². The Labute approximate surface area is 110 Å². The number of aryl methyl sites for hydroxylation is 1. The number of aromatic nitrogens is 4. The smallest absolute Gasteiger partial charge is 0.153 e. The van der Waals surface area contributed by atoms with Gasteiger partial charge in [0.15, 0.2) is 5.82 Å². The average Bonchev–Trinajstić information content (AvgIpc) is 2.82. The third-order valence-corrected chi connectivity index (χ3v) is 3.08. The molecule has 0 radical (unpaired) electrons. The molecule has 0 saturated heterocycles. The van der Waals surface area contributed by atoms with Gasteiger partial charge in [0.25, 0.3) is 0 Å². The SMILES string of the molecule is Cc1ccccc1-c1c(N)n[nH]c1-c1ccnnc1. The number of nitrogens with zero attached hydrogens (tertiary/aromatic N) is 3. The van der Waals surface area contributed by atoms with Crippen molar-refractivity contribution in [1.29, 1.82) is 0 Å². The second-order valence-electron chi connectivity index (χ2n) is 4.30. The van der Waals surface area contributed by atoms with Gasteiger partial charge in [-0.2, -0.15) is 15.3 Å². The van der Waals surface area contributed by atoms with Gasteiger partial charge in [-0.05, 0) is 24.1 Å². The topological polar surface area (TPSA) is 80.5 Å². The van der Waals surface area contributed by atoms with Crippen molar-refractivity contribution in [2.45, 2.75) is 6.92 Å². The van der Waals surface area contributed by atoms with Gasteiger partial charge in [-0.3, -0.25) is 5.10 Å². The summed E-state index contributed by atoms with van der Waals surface area (Å²) >= 11 is 0. The monoisotopic (exact) mass is 251 g/mol. The second kappa shape index (κ2) is 4.53. The van der Waals surface area contributed by atoms with Gasteiger partial charge in [-0.25, -0.2) is 0 Å². The Kier molecular flexibility index (Phi) is 2.72. The van der Waals surface area contributed by atoms with E-state index in [0.29, 0.717) is 5.82 Å². The van der Waals surface area contributed by atoms with Crippen molar-refractivity contribution in [3.05, 3.63) is 48.3 Å². The molecule has 3 rings (SSSR count). The van der Waals surface area contributed by atoms with Crippen molar-refractivity contribution in [1.82, 2.24) is 20.4 Å². The minimum absolute atomic E-state index is 0.487. The number of hydrogen-bond acceptors (Lipinski definition) is 4. The Bertz CT molecular complexity index is 703. The lowest BCUT2D eigenvalue weighted by atomic mass is 9.98. The summed E-state index contributed by atoms with van der Waals surface area (Å²) < 4.78 is 0. The molecule has 0 aliphatic heterocycles. The number of nitrogens with two attached hydrogens (primary N) is 1. The van der Waals surface area contributed by atoms with Gasteiger partial charge in [-0.15, -0.1) is 0 Å². The summed E-state index contributed by atoms with van der Waals surface area (Å²) in [6.45, 7) is 2.05. The van der Waals surface area contributed by atoms with Crippen LogP contribution >= 0.6 is 0 Å². The first-order chi connectivity index (χ1) is 9.27. The molecule has 0 atom stereocenters. The van der Waals surface area contributed by atoms with E-state index in [0.717, 1.165) is 27.9 Å². The lowest BCUT2D eigenvalue weighted by molar-refractivity contribution is 1.03. The number of hydrogen-bond donors (Lipinski definition) is 2. The van der Waals surface area contributed by atoms with E-state index in [1.165, 1.54) is 0 Å². The summed E-state index contributed by atoms with van der Waals surface area (Å²) in [5.74, 6) is 0.487. The van der Waals surface area contributed by atoms with Crippen LogP contribution in [0.5, 0.6) is 0 Å². The van der Waals surface area contributed by atoms with Gasteiger partial charge in [-0.1, -0.05) is 24.3 Å². The Morgan fingerprint density at radius 1 is 1.11 bits per heavy atom. The molecule has 5 heteroatoms. The third-order valence-electron chi connectivity index (χ3n) is 3.08. The molecule has 2 aromatic heterocycles. The van der Waals surface area contributed by atoms with E-state index in [-0.39, 0.29) is 0 Å². The molecule has 0 aliphatic carbocycles. The Balaban J connectivity index is 2.23. The zero-order chi connectivity index (χ0) is 13.2. The summed E-state index contributed by atoms with van der Waals surface area (Å²) in [4.78, 5) is 0. The first-order valence-corrected chi connectivity index (χ1v) is 5.94. The molecule has 0 unspecified atom stereocenters. The van der Waals surface area contributed by atoms with Crippen LogP contribution in [0.4, 0.5) is 5.82 Å². The minimum Gasteiger partial charge on any atom is -0.382 e. The highest BCUT2D eigenvalue weighted by molar-refractivity contribution is 5.88. The lowest BCUT2D eigenvalue weighted by Crippen LogP contribution is -1.91. The predicted molar refractivity (Wildman–Crippen MR) is 74.2 cm³/mol. The van der Waals surface area contributed by atoms with E-state index < -0.39 is 0 Å². The summed E-state index contributed by atoms with van der Waals surface area (Å²) in [5, 5.41) is 14.8. The Morgan fingerprint density at radius 2 is 1.95 bits per heavy atom. The molecule has 0 aliphatic rings. The van der Waals surface area contributed by atoms with E-state index in [4.69, 9.17) is 5.73 Å². The van der Waals surface area contributed by atoms with E-state index in [1.54, 1.807) is 12.4 Å². The van der Waals surface area contributed by atoms with Crippen molar-refractivity contribution in [2.75, 3.05) is 5.73 Å². The van der Waals surface area contributed by atoms with Gasteiger partial charge < -0.3 is 5.73 Å². The van der Waals surface area contributed by atoms with Crippen LogP contribution < -0.4 is 5.73 Å². The molecule has 0 fully saturated rings. The maximum absolute atomic E-state index is 6.00. The molecule has 2 heterocycles. The van der Waals surface area contributed by atoms with Crippen LogP contribution in [0.25, 0.3) is 22.4 Å². The lowest BCUT2D eigenvalue weighted by Gasteiger charge is -2.07. The van der Waals surface area contributed by atoms with Crippen LogP contribution in [0.2, 0.25) is 0 Å². The summed E-state index contributed by atoms with van der Waals surface area (Å²) in [6, 6.07) is 9.96. The predicted octanol–water partition coefficient (Wildman–Crippen LogP) is 2.42. The quantitative estimate of drug-likeness (QED) is 0.733. The maximum Gasteiger partial charge on any atom is 0.153 e. The number of H-pyrrole nitrogens is 1. The Morgan fingerprint density at radius 3 is 2.68 bits per heavy atom. The summed E-state index contributed by atoms with van der Waals surface area (Å²) in [5.41, 5.74) is 10.9. The fraction of sp³-hybridized carbons (Fsp3) is 0.0714. The van der Waals surface area contributed by atoms with Crippen molar-refractivity contribution in [2.24, 2.45) is 0 Å². The highest BCUT2D eigenvalue weighted by Crippen LogP contribution is 2.35. The molecule has 0 bridgehead atoms. The fourth-order valence-corrected chi connectivity index (χ4v) is 2.13. The number of rotatable bonds is 2. The first kappa shape index (κ1) is 11.4. The van der Waals surface area contributed by atoms with Gasteiger partial charge in [0.1, 0.15) is 0 Å². The van der Waals surface area contributed by atoms with Gasteiger partial charge in [0.2, 0.25) is 0 Å². The second-order valence-corrected chi connectivity index (χ2v) is 4.30. The molecule has 0 amide bonds. The zero-order valence-corrected chi connectivity index (χ0v) is 10.5. The maximum atomic E-state index is 6.00. The van der Waals surface area contributed by atoms with E-state index >= 15 is 0 Å².